The minimum absolute atomic E-state index is 0. The molecule has 0 aliphatic carbocycles. The number of halogens is 3. The summed E-state index contributed by atoms with van der Waals surface area (Å²) in [6.07, 6.45) is 1.52. The Labute approximate surface area is 157 Å². The second kappa shape index (κ2) is 8.41. The number of anilines is 1. The molecule has 0 saturated carbocycles. The molecule has 2 aromatic rings. The van der Waals surface area contributed by atoms with Crippen LogP contribution in [0.5, 0.6) is 0 Å². The van der Waals surface area contributed by atoms with E-state index in [1.165, 1.54) is 17.7 Å². The lowest BCUT2D eigenvalue weighted by Gasteiger charge is -2.22. The monoisotopic (exact) mass is 443 g/mol. The smallest absolute Gasteiger partial charge is 0.198 e. The zero-order valence-corrected chi connectivity index (χ0v) is 15.8. The third kappa shape index (κ3) is 4.23. The molecule has 0 radical (unpaired) electrons. The summed E-state index contributed by atoms with van der Waals surface area (Å²) in [4.78, 5) is 6.46. The highest BCUT2D eigenvalue weighted by Gasteiger charge is 2.22. The van der Waals surface area contributed by atoms with E-state index in [9.17, 15) is 8.78 Å². The molecule has 24 heavy (non-hydrogen) atoms. The van der Waals surface area contributed by atoms with Crippen molar-refractivity contribution in [2.45, 2.75) is 12.8 Å². The van der Waals surface area contributed by atoms with E-state index in [0.717, 1.165) is 30.7 Å². The van der Waals surface area contributed by atoms with Crippen LogP contribution in [0.2, 0.25) is 0 Å². The summed E-state index contributed by atoms with van der Waals surface area (Å²) in [5.41, 5.74) is 3.10. The molecular formula is C18H20F2IN3. The van der Waals surface area contributed by atoms with Gasteiger partial charge in [0, 0.05) is 31.9 Å². The number of para-hydroxylation sites is 1. The summed E-state index contributed by atoms with van der Waals surface area (Å²) in [5.74, 6) is -0.303. The minimum Gasteiger partial charge on any atom is -0.356 e. The quantitative estimate of drug-likeness (QED) is 0.445. The molecule has 3 rings (SSSR count). The Hall–Kier alpha value is -1.70. The molecule has 0 bridgehead atoms. The van der Waals surface area contributed by atoms with E-state index in [2.05, 4.69) is 27.3 Å². The maximum Gasteiger partial charge on any atom is 0.198 e. The van der Waals surface area contributed by atoms with Crippen molar-refractivity contribution in [2.24, 2.45) is 4.99 Å². The van der Waals surface area contributed by atoms with Gasteiger partial charge in [0.1, 0.15) is 11.6 Å². The van der Waals surface area contributed by atoms with Crippen LogP contribution in [0, 0.1) is 11.6 Å². The van der Waals surface area contributed by atoms with E-state index < -0.39 is 11.6 Å². The van der Waals surface area contributed by atoms with E-state index >= 15 is 0 Å². The van der Waals surface area contributed by atoms with Crippen molar-refractivity contribution < 1.29 is 8.78 Å². The van der Waals surface area contributed by atoms with Crippen LogP contribution in [0.1, 0.15) is 11.1 Å². The number of guanidine groups is 1. The molecule has 0 fully saturated rings. The molecule has 0 spiro atoms. The molecule has 0 unspecified atom stereocenters. The topological polar surface area (TPSA) is 27.6 Å². The van der Waals surface area contributed by atoms with Gasteiger partial charge in [-0.1, -0.05) is 18.2 Å². The molecule has 6 heteroatoms. The zero-order chi connectivity index (χ0) is 16.2. The maximum absolute atomic E-state index is 13.2. The standard InChI is InChI=1S/C18H19F2N3.HI/c1-21-18(23-9-7-14-4-2-3-5-17(14)23)22-8-6-13-10-15(19)12-16(20)11-13;/h2-5,10-12H,6-9H2,1H3,(H,21,22);1H. The summed E-state index contributed by atoms with van der Waals surface area (Å²) >= 11 is 0. The van der Waals surface area contributed by atoms with Crippen LogP contribution in [-0.2, 0) is 12.8 Å². The van der Waals surface area contributed by atoms with Gasteiger partial charge in [-0.3, -0.25) is 4.99 Å². The van der Waals surface area contributed by atoms with Crippen LogP contribution < -0.4 is 10.2 Å². The first-order chi connectivity index (χ1) is 11.2. The molecular weight excluding hydrogens is 423 g/mol. The lowest BCUT2D eigenvalue weighted by atomic mass is 10.1. The van der Waals surface area contributed by atoms with Crippen molar-refractivity contribution in [3.05, 3.63) is 65.2 Å². The number of fused-ring (bicyclic) bond motifs is 1. The largest absolute Gasteiger partial charge is 0.356 e. The highest BCUT2D eigenvalue weighted by molar-refractivity contribution is 14.0. The Morgan fingerprint density at radius 2 is 1.88 bits per heavy atom. The minimum atomic E-state index is -0.544. The molecule has 2 aromatic carbocycles. The van der Waals surface area contributed by atoms with Gasteiger partial charge in [0.25, 0.3) is 0 Å². The Bertz CT molecular complexity index is 714. The van der Waals surface area contributed by atoms with Crippen molar-refractivity contribution in [3.8, 4) is 0 Å². The van der Waals surface area contributed by atoms with Crippen molar-refractivity contribution in [3.63, 3.8) is 0 Å². The predicted molar refractivity (Wildman–Crippen MR) is 104 cm³/mol. The molecule has 0 saturated heterocycles. The second-order valence-corrected chi connectivity index (χ2v) is 5.53. The molecule has 1 aliphatic rings. The molecule has 0 amide bonds. The summed E-state index contributed by atoms with van der Waals surface area (Å²) in [6.45, 7) is 1.45. The number of nitrogens with one attached hydrogen (secondary N) is 1. The first-order valence-corrected chi connectivity index (χ1v) is 7.68. The molecule has 1 N–H and O–H groups in total. The molecule has 0 aromatic heterocycles. The van der Waals surface area contributed by atoms with Crippen molar-refractivity contribution in [1.82, 2.24) is 5.32 Å². The number of rotatable bonds is 3. The summed E-state index contributed by atoms with van der Waals surface area (Å²) in [5, 5.41) is 3.27. The summed E-state index contributed by atoms with van der Waals surface area (Å²) in [6, 6.07) is 11.9. The molecule has 1 aliphatic heterocycles. The first-order valence-electron chi connectivity index (χ1n) is 7.68. The van der Waals surface area contributed by atoms with E-state index in [-0.39, 0.29) is 24.0 Å². The van der Waals surface area contributed by atoms with Gasteiger partial charge in [0.2, 0.25) is 0 Å². The average molecular weight is 443 g/mol. The Morgan fingerprint density at radius 1 is 1.17 bits per heavy atom. The highest BCUT2D eigenvalue weighted by Crippen LogP contribution is 2.27. The first kappa shape index (κ1) is 18.6. The predicted octanol–water partition coefficient (Wildman–Crippen LogP) is 3.76. The number of aliphatic imine (C=N–C) groups is 1. The lowest BCUT2D eigenvalue weighted by molar-refractivity contribution is 0.579. The van der Waals surface area contributed by atoms with E-state index in [1.54, 1.807) is 7.05 Å². The van der Waals surface area contributed by atoms with Crippen LogP contribution in [0.25, 0.3) is 0 Å². The van der Waals surface area contributed by atoms with E-state index in [0.29, 0.717) is 18.5 Å². The molecule has 3 nitrogen and oxygen atoms in total. The van der Waals surface area contributed by atoms with E-state index in [4.69, 9.17) is 0 Å². The van der Waals surface area contributed by atoms with Crippen molar-refractivity contribution in [2.75, 3.05) is 25.0 Å². The Morgan fingerprint density at radius 3 is 2.58 bits per heavy atom. The molecule has 1 heterocycles. The van der Waals surface area contributed by atoms with E-state index in [1.807, 2.05) is 12.1 Å². The fourth-order valence-corrected chi connectivity index (χ4v) is 2.93. The third-order valence-electron chi connectivity index (χ3n) is 3.97. The van der Waals surface area contributed by atoms with Crippen LogP contribution in [0.15, 0.2) is 47.5 Å². The van der Waals surface area contributed by atoms with Gasteiger partial charge in [-0.25, -0.2) is 8.78 Å². The second-order valence-electron chi connectivity index (χ2n) is 5.53. The molecule has 128 valence electrons. The zero-order valence-electron chi connectivity index (χ0n) is 13.4. The van der Waals surface area contributed by atoms with Gasteiger partial charge >= 0.3 is 0 Å². The van der Waals surface area contributed by atoms with Gasteiger partial charge in [0.05, 0.1) is 0 Å². The number of hydrogen-bond acceptors (Lipinski definition) is 1. The number of nitrogens with zero attached hydrogens (tertiary/aromatic N) is 2. The summed E-state index contributed by atoms with van der Waals surface area (Å²) in [7, 11) is 1.74. The van der Waals surface area contributed by atoms with Crippen molar-refractivity contribution >= 4 is 35.6 Å². The SMILES string of the molecule is CN=C(NCCc1cc(F)cc(F)c1)N1CCc2ccccc21.I. The third-order valence-corrected chi connectivity index (χ3v) is 3.97. The Kier molecular flexibility index (Phi) is 6.53. The summed E-state index contributed by atoms with van der Waals surface area (Å²) < 4.78 is 26.4. The Balaban J connectivity index is 0.00000208. The van der Waals surface area contributed by atoms with Gasteiger partial charge in [0.15, 0.2) is 5.96 Å². The fraction of sp³-hybridized carbons (Fsp3) is 0.278. The number of benzene rings is 2. The van der Waals surface area contributed by atoms with Crippen LogP contribution in [-0.4, -0.2) is 26.1 Å². The van der Waals surface area contributed by atoms with Crippen molar-refractivity contribution in [1.29, 1.82) is 0 Å². The van der Waals surface area contributed by atoms with Gasteiger partial charge in [-0.15, -0.1) is 24.0 Å². The van der Waals surface area contributed by atoms with Crippen LogP contribution >= 0.6 is 24.0 Å². The fourth-order valence-electron chi connectivity index (χ4n) is 2.93. The van der Waals surface area contributed by atoms with Crippen LogP contribution in [0.4, 0.5) is 14.5 Å². The normalized spacial score (nSPS) is 13.5. The number of hydrogen-bond donors (Lipinski definition) is 1. The van der Waals surface area contributed by atoms with Crippen LogP contribution in [0.3, 0.4) is 0 Å². The van der Waals surface area contributed by atoms with Gasteiger partial charge < -0.3 is 10.2 Å². The average Bonchev–Trinajstić information content (AvgIpc) is 2.95. The maximum atomic E-state index is 13.2. The van der Waals surface area contributed by atoms with Gasteiger partial charge in [-0.05, 0) is 42.2 Å². The highest BCUT2D eigenvalue weighted by atomic mass is 127. The molecule has 0 atom stereocenters. The lowest BCUT2D eigenvalue weighted by Crippen LogP contribution is -2.41. The van der Waals surface area contributed by atoms with Gasteiger partial charge in [-0.2, -0.15) is 0 Å².